The average Bonchev–Trinajstić information content (AvgIpc) is 3.02. The highest BCUT2D eigenvalue weighted by Gasteiger charge is 2.23. The highest BCUT2D eigenvalue weighted by Crippen LogP contribution is 2.40. The smallest absolute Gasteiger partial charge is 0.323 e. The Balaban J connectivity index is 1.40. The molecule has 3 aromatic carbocycles. The zero-order valence-corrected chi connectivity index (χ0v) is 28.3. The number of morpholine rings is 1. The van der Waals surface area contributed by atoms with Crippen LogP contribution in [0, 0.1) is 0 Å². The summed E-state index contributed by atoms with van der Waals surface area (Å²) < 4.78 is 44.0. The van der Waals surface area contributed by atoms with Crippen molar-refractivity contribution in [2.45, 2.75) is 33.1 Å². The van der Waals surface area contributed by atoms with Crippen molar-refractivity contribution in [3.05, 3.63) is 66.4 Å². The Kier molecular flexibility index (Phi) is 10.0. The summed E-state index contributed by atoms with van der Waals surface area (Å²) in [6, 6.07) is 15.7. The molecule has 2 heterocycles. The minimum absolute atomic E-state index is 0.187. The monoisotopic (exact) mass is 663 g/mol. The number of aromatic nitrogens is 2. The van der Waals surface area contributed by atoms with E-state index in [2.05, 4.69) is 30.3 Å². The van der Waals surface area contributed by atoms with Crippen LogP contribution in [0.4, 0.5) is 27.8 Å². The number of ether oxygens (including phenoxy) is 3. The second-order valence-electron chi connectivity index (χ2n) is 12.0. The number of methoxy groups -OCH3 is 1. The molecule has 0 spiro atoms. The molecule has 0 atom stereocenters. The number of rotatable bonds is 10. The van der Waals surface area contributed by atoms with Crippen LogP contribution in [0.25, 0.3) is 10.8 Å². The standard InChI is InChI=1S/C33H41N7O6S/c1-7-40(39-16-18-45-19-17-39)31-34-15-14-29(37-31)46-28-13-12-25(23-10-8-9-11-24(23)28)35-32(41)36-26-20-22(33(2,3)4)21-27(30(26)44-5)38-47(6,42)43/h8-15,20-21,38H,7,16-19H2,1-6H3,(H2,35,36,41). The van der Waals surface area contributed by atoms with Gasteiger partial charge in [-0.1, -0.05) is 45.0 Å². The van der Waals surface area contributed by atoms with Gasteiger partial charge in [0.25, 0.3) is 0 Å². The van der Waals surface area contributed by atoms with Crippen LogP contribution in [0.3, 0.4) is 0 Å². The van der Waals surface area contributed by atoms with E-state index in [9.17, 15) is 13.2 Å². The molecule has 0 radical (unpaired) electrons. The van der Waals surface area contributed by atoms with E-state index < -0.39 is 16.1 Å². The maximum atomic E-state index is 13.4. The van der Waals surface area contributed by atoms with Gasteiger partial charge in [0, 0.05) is 42.7 Å². The minimum atomic E-state index is -3.62. The molecule has 0 saturated carbocycles. The zero-order chi connectivity index (χ0) is 33.8. The minimum Gasteiger partial charge on any atom is -0.492 e. The molecule has 1 aromatic heterocycles. The molecule has 1 aliphatic rings. The molecule has 250 valence electrons. The lowest BCUT2D eigenvalue weighted by atomic mass is 9.86. The second-order valence-corrected chi connectivity index (χ2v) is 13.8. The summed E-state index contributed by atoms with van der Waals surface area (Å²) in [4.78, 5) is 22.6. The molecular formula is C33H41N7O6S. The van der Waals surface area contributed by atoms with Crippen molar-refractivity contribution in [1.82, 2.24) is 15.0 Å². The van der Waals surface area contributed by atoms with Gasteiger partial charge in [0.15, 0.2) is 5.75 Å². The van der Waals surface area contributed by atoms with Gasteiger partial charge in [-0.25, -0.2) is 23.2 Å². The normalized spacial score (nSPS) is 14.0. The fourth-order valence-corrected chi connectivity index (χ4v) is 5.84. The summed E-state index contributed by atoms with van der Waals surface area (Å²) in [6.07, 6.45) is 2.73. The summed E-state index contributed by atoms with van der Waals surface area (Å²) in [7, 11) is -2.20. The number of urea groups is 1. The molecule has 1 aliphatic heterocycles. The van der Waals surface area contributed by atoms with Gasteiger partial charge in [0.1, 0.15) is 5.75 Å². The molecule has 3 N–H and O–H groups in total. The van der Waals surface area contributed by atoms with Crippen LogP contribution in [-0.4, -0.2) is 75.6 Å². The number of hydrogen-bond acceptors (Lipinski definition) is 10. The molecule has 0 bridgehead atoms. The summed E-state index contributed by atoms with van der Waals surface area (Å²) in [5.41, 5.74) is 1.53. The Morgan fingerprint density at radius 1 is 1.00 bits per heavy atom. The van der Waals surface area contributed by atoms with Crippen LogP contribution in [0.15, 0.2) is 60.8 Å². The maximum absolute atomic E-state index is 13.4. The highest BCUT2D eigenvalue weighted by atomic mass is 32.2. The SMILES string of the molecule is CCN(c1nccc(Oc2ccc(NC(=O)Nc3cc(C(C)(C)C)cc(NS(C)(=O)=O)c3OC)c3ccccc23)n1)N1CCOCC1. The van der Waals surface area contributed by atoms with Crippen molar-refractivity contribution in [3.8, 4) is 17.4 Å². The first-order valence-electron chi connectivity index (χ1n) is 15.3. The van der Waals surface area contributed by atoms with Gasteiger partial charge in [-0.2, -0.15) is 4.98 Å². The zero-order valence-electron chi connectivity index (χ0n) is 27.5. The van der Waals surface area contributed by atoms with E-state index in [-0.39, 0.29) is 16.9 Å². The van der Waals surface area contributed by atoms with E-state index in [1.165, 1.54) is 7.11 Å². The van der Waals surface area contributed by atoms with Crippen LogP contribution in [0.5, 0.6) is 17.4 Å². The first kappa shape index (κ1) is 33.7. The van der Waals surface area contributed by atoms with Crippen molar-refractivity contribution >= 4 is 49.8 Å². The van der Waals surface area contributed by atoms with E-state index in [1.54, 1.807) is 36.5 Å². The van der Waals surface area contributed by atoms with Crippen LogP contribution in [0.2, 0.25) is 0 Å². The van der Waals surface area contributed by atoms with Crippen LogP contribution in [-0.2, 0) is 20.2 Å². The molecule has 47 heavy (non-hydrogen) atoms. The Labute approximate surface area is 275 Å². The first-order chi connectivity index (χ1) is 22.4. The van der Waals surface area contributed by atoms with Crippen molar-refractivity contribution in [2.75, 3.05) is 66.6 Å². The molecule has 4 aromatic rings. The fourth-order valence-electron chi connectivity index (χ4n) is 5.28. The number of nitrogens with one attached hydrogen (secondary N) is 3. The Morgan fingerprint density at radius 2 is 1.68 bits per heavy atom. The molecule has 2 amide bonds. The third kappa shape index (κ3) is 8.20. The van der Waals surface area contributed by atoms with E-state index in [0.717, 1.165) is 35.7 Å². The number of benzene rings is 3. The number of amides is 2. The number of hydrogen-bond donors (Lipinski definition) is 3. The number of fused-ring (bicyclic) bond motifs is 1. The third-order valence-corrected chi connectivity index (χ3v) is 8.12. The van der Waals surface area contributed by atoms with Gasteiger partial charge >= 0.3 is 6.03 Å². The van der Waals surface area contributed by atoms with E-state index in [4.69, 9.17) is 14.2 Å². The fraction of sp³-hybridized carbons (Fsp3) is 0.364. The van der Waals surface area contributed by atoms with Crippen molar-refractivity contribution < 1.29 is 27.4 Å². The largest absolute Gasteiger partial charge is 0.492 e. The topological polar surface area (TPSA) is 147 Å². The van der Waals surface area contributed by atoms with Gasteiger partial charge < -0.3 is 24.8 Å². The molecule has 5 rings (SSSR count). The van der Waals surface area contributed by atoms with Gasteiger partial charge in [-0.3, -0.25) is 9.73 Å². The summed E-state index contributed by atoms with van der Waals surface area (Å²) in [6.45, 7) is 11.5. The molecule has 1 saturated heterocycles. The lowest BCUT2D eigenvalue weighted by molar-refractivity contribution is 0.0314. The maximum Gasteiger partial charge on any atom is 0.323 e. The van der Waals surface area contributed by atoms with Crippen molar-refractivity contribution in [3.63, 3.8) is 0 Å². The van der Waals surface area contributed by atoms with Gasteiger partial charge in [-0.15, -0.1) is 0 Å². The van der Waals surface area contributed by atoms with Crippen molar-refractivity contribution in [2.24, 2.45) is 0 Å². The lowest BCUT2D eigenvalue weighted by Crippen LogP contribution is -2.49. The number of carbonyl (C=O) groups excluding carboxylic acids is 1. The highest BCUT2D eigenvalue weighted by molar-refractivity contribution is 7.92. The molecule has 0 unspecified atom stereocenters. The number of nitrogens with zero attached hydrogens (tertiary/aromatic N) is 4. The van der Waals surface area contributed by atoms with E-state index in [1.807, 2.05) is 57.0 Å². The second kappa shape index (κ2) is 14.0. The number of sulfonamides is 1. The van der Waals surface area contributed by atoms with Crippen molar-refractivity contribution in [1.29, 1.82) is 0 Å². The quantitative estimate of drug-likeness (QED) is 0.190. The lowest BCUT2D eigenvalue weighted by Gasteiger charge is -2.36. The average molecular weight is 664 g/mol. The van der Waals surface area contributed by atoms with Crippen LogP contribution in [0.1, 0.15) is 33.3 Å². The molecule has 14 heteroatoms. The summed E-state index contributed by atoms with van der Waals surface area (Å²) in [5, 5.41) is 11.5. The summed E-state index contributed by atoms with van der Waals surface area (Å²) >= 11 is 0. The number of carbonyl (C=O) groups is 1. The van der Waals surface area contributed by atoms with E-state index in [0.29, 0.717) is 48.7 Å². The molecule has 13 nitrogen and oxygen atoms in total. The molecule has 1 fully saturated rings. The first-order valence-corrected chi connectivity index (χ1v) is 17.2. The predicted octanol–water partition coefficient (Wildman–Crippen LogP) is 5.82. The van der Waals surface area contributed by atoms with Gasteiger partial charge in [0.2, 0.25) is 21.9 Å². The van der Waals surface area contributed by atoms with Crippen LogP contribution >= 0.6 is 0 Å². The summed E-state index contributed by atoms with van der Waals surface area (Å²) in [5.74, 6) is 1.66. The number of anilines is 4. The Hall–Kier alpha value is -4.66. The molecular weight excluding hydrogens is 622 g/mol. The predicted molar refractivity (Wildman–Crippen MR) is 184 cm³/mol. The van der Waals surface area contributed by atoms with Gasteiger partial charge in [0.05, 0.1) is 43.6 Å². The number of hydrazine groups is 1. The third-order valence-electron chi connectivity index (χ3n) is 7.53. The van der Waals surface area contributed by atoms with E-state index >= 15 is 0 Å². The Bertz CT molecular complexity index is 1860. The van der Waals surface area contributed by atoms with Gasteiger partial charge in [-0.05, 0) is 42.2 Å². The molecule has 0 aliphatic carbocycles. The van der Waals surface area contributed by atoms with Crippen LogP contribution < -0.4 is 29.8 Å². The Morgan fingerprint density at radius 3 is 2.34 bits per heavy atom.